The van der Waals surface area contributed by atoms with Crippen LogP contribution < -0.4 is 29.1 Å². The summed E-state index contributed by atoms with van der Waals surface area (Å²) in [6.07, 6.45) is 0. The molecule has 3 rings (SSSR count). The molecule has 1 aliphatic rings. The number of ether oxygens (including phenoxy) is 3. The molecule has 1 saturated heterocycles. The van der Waals surface area contributed by atoms with Gasteiger partial charge in [0.2, 0.25) is 0 Å². The topological polar surface area (TPSA) is 89.1 Å². The van der Waals surface area contributed by atoms with Crippen LogP contribution in [-0.2, 0) is 10.0 Å². The van der Waals surface area contributed by atoms with Crippen molar-refractivity contribution in [2.75, 3.05) is 50.0 Å². The molecule has 0 spiro atoms. The predicted molar refractivity (Wildman–Crippen MR) is 116 cm³/mol. The third kappa shape index (κ3) is 6.02. The number of hydrogen-bond acceptors (Lipinski definition) is 7. The molecule has 0 radical (unpaired) electrons. The van der Waals surface area contributed by atoms with E-state index in [4.69, 9.17) is 9.47 Å². The Morgan fingerprint density at radius 3 is 2.26 bits per heavy atom. The summed E-state index contributed by atoms with van der Waals surface area (Å²) in [5, 5.41) is 3.24. The molecule has 0 atom stereocenters. The Balaban J connectivity index is 0.00000341. The van der Waals surface area contributed by atoms with Gasteiger partial charge in [-0.15, -0.1) is 12.4 Å². The molecule has 0 aliphatic carbocycles. The highest BCUT2D eigenvalue weighted by Gasteiger charge is 2.21. The van der Waals surface area contributed by atoms with Crippen LogP contribution in [0.5, 0.6) is 17.2 Å². The molecule has 1 heterocycles. The number of piperazine rings is 1. The molecule has 0 aromatic heterocycles. The van der Waals surface area contributed by atoms with Crippen LogP contribution in [0.25, 0.3) is 0 Å². The summed E-state index contributed by atoms with van der Waals surface area (Å²) in [7, 11) is -1.15. The molecule has 0 bridgehead atoms. The number of nitrogens with zero attached hydrogens (tertiary/aromatic N) is 1. The second kappa shape index (κ2) is 10.7. The molecule has 0 saturated carbocycles. The fourth-order valence-corrected chi connectivity index (χ4v) is 4.20. The van der Waals surface area contributed by atoms with E-state index < -0.39 is 16.6 Å². The van der Waals surface area contributed by atoms with Crippen molar-refractivity contribution in [2.24, 2.45) is 0 Å². The second-order valence-electron chi connectivity index (χ2n) is 6.42. The number of halogens is 3. The molecule has 0 amide bonds. The minimum Gasteiger partial charge on any atom is -0.495 e. The standard InChI is InChI=1S/C19H23F2N3O5S.ClH/c1-27-16-6-4-14(12-15(16)24-9-7-22-8-10-24)30(25,26)23-13-3-5-17(29-19(20)21)18(11-13)28-2;/h3-6,11-12,19,22-23H,7-10H2,1-2H3;1H. The maximum absolute atomic E-state index is 12.9. The molecule has 2 aromatic carbocycles. The van der Waals surface area contributed by atoms with E-state index >= 15 is 0 Å². The van der Waals surface area contributed by atoms with Crippen LogP contribution >= 0.6 is 12.4 Å². The Morgan fingerprint density at radius 2 is 1.65 bits per heavy atom. The molecule has 31 heavy (non-hydrogen) atoms. The number of benzene rings is 2. The number of nitrogens with one attached hydrogen (secondary N) is 2. The van der Waals surface area contributed by atoms with Crippen molar-refractivity contribution in [3.05, 3.63) is 36.4 Å². The largest absolute Gasteiger partial charge is 0.495 e. The monoisotopic (exact) mass is 479 g/mol. The fourth-order valence-electron chi connectivity index (χ4n) is 3.13. The van der Waals surface area contributed by atoms with Crippen molar-refractivity contribution in [1.29, 1.82) is 0 Å². The smallest absolute Gasteiger partial charge is 0.387 e. The lowest BCUT2D eigenvalue weighted by molar-refractivity contribution is -0.0512. The number of sulfonamides is 1. The summed E-state index contributed by atoms with van der Waals surface area (Å²) >= 11 is 0. The number of methoxy groups -OCH3 is 2. The average molecular weight is 480 g/mol. The molecular weight excluding hydrogens is 456 g/mol. The van der Waals surface area contributed by atoms with Crippen LogP contribution in [0.1, 0.15) is 0 Å². The Labute approximate surface area is 185 Å². The number of anilines is 2. The summed E-state index contributed by atoms with van der Waals surface area (Å²) in [5.41, 5.74) is 0.827. The third-order valence-electron chi connectivity index (χ3n) is 4.55. The van der Waals surface area contributed by atoms with Crippen molar-refractivity contribution >= 4 is 33.8 Å². The predicted octanol–water partition coefficient (Wildman–Crippen LogP) is 2.94. The van der Waals surface area contributed by atoms with Gasteiger partial charge < -0.3 is 24.4 Å². The van der Waals surface area contributed by atoms with E-state index in [-0.39, 0.29) is 34.5 Å². The van der Waals surface area contributed by atoms with Crippen molar-refractivity contribution in [1.82, 2.24) is 5.32 Å². The number of hydrogen-bond donors (Lipinski definition) is 2. The Morgan fingerprint density at radius 1 is 1.00 bits per heavy atom. The Hall–Kier alpha value is -2.50. The van der Waals surface area contributed by atoms with E-state index in [1.807, 2.05) is 4.90 Å². The fraction of sp³-hybridized carbons (Fsp3) is 0.368. The maximum Gasteiger partial charge on any atom is 0.387 e. The normalized spacial score (nSPS) is 14.0. The van der Waals surface area contributed by atoms with Gasteiger partial charge in [-0.25, -0.2) is 8.42 Å². The molecular formula is C19H24ClF2N3O5S. The van der Waals surface area contributed by atoms with Crippen LogP contribution in [0.15, 0.2) is 41.3 Å². The Bertz CT molecular complexity index is 989. The molecule has 2 aromatic rings. The van der Waals surface area contributed by atoms with Crippen molar-refractivity contribution in [3.63, 3.8) is 0 Å². The van der Waals surface area contributed by atoms with Gasteiger partial charge in [0.1, 0.15) is 5.75 Å². The summed E-state index contributed by atoms with van der Waals surface area (Å²) in [5.74, 6) is 0.360. The van der Waals surface area contributed by atoms with Crippen LogP contribution in [0, 0.1) is 0 Å². The van der Waals surface area contributed by atoms with E-state index in [0.29, 0.717) is 11.4 Å². The molecule has 0 unspecified atom stereocenters. The zero-order chi connectivity index (χ0) is 21.7. The van der Waals surface area contributed by atoms with E-state index in [1.54, 1.807) is 12.1 Å². The molecule has 1 aliphatic heterocycles. The zero-order valence-electron chi connectivity index (χ0n) is 16.9. The van der Waals surface area contributed by atoms with Crippen molar-refractivity contribution < 1.29 is 31.4 Å². The summed E-state index contributed by atoms with van der Waals surface area (Å²) in [6, 6.07) is 8.40. The van der Waals surface area contributed by atoms with Gasteiger partial charge in [0.05, 0.1) is 30.5 Å². The molecule has 2 N–H and O–H groups in total. The van der Waals surface area contributed by atoms with Gasteiger partial charge in [0.25, 0.3) is 10.0 Å². The minimum atomic E-state index is -3.95. The number of alkyl halides is 2. The van der Waals surface area contributed by atoms with E-state index in [0.717, 1.165) is 26.2 Å². The van der Waals surface area contributed by atoms with E-state index in [1.165, 1.54) is 38.5 Å². The number of rotatable bonds is 8. The lowest BCUT2D eigenvalue weighted by atomic mass is 10.2. The lowest BCUT2D eigenvalue weighted by Crippen LogP contribution is -2.43. The van der Waals surface area contributed by atoms with Gasteiger partial charge in [-0.3, -0.25) is 4.72 Å². The first-order valence-corrected chi connectivity index (χ1v) is 10.6. The molecule has 12 heteroatoms. The Kier molecular flexibility index (Phi) is 8.54. The maximum atomic E-state index is 12.9. The first kappa shape index (κ1) is 24.8. The molecule has 1 fully saturated rings. The molecule has 172 valence electrons. The molecule has 8 nitrogen and oxygen atoms in total. The summed E-state index contributed by atoms with van der Waals surface area (Å²) < 4.78 is 68.0. The van der Waals surface area contributed by atoms with Gasteiger partial charge in [-0.2, -0.15) is 8.78 Å². The highest BCUT2D eigenvalue weighted by Crippen LogP contribution is 2.34. The van der Waals surface area contributed by atoms with Gasteiger partial charge in [0.15, 0.2) is 11.5 Å². The zero-order valence-corrected chi connectivity index (χ0v) is 18.6. The first-order chi connectivity index (χ1) is 14.3. The highest BCUT2D eigenvalue weighted by atomic mass is 35.5. The van der Waals surface area contributed by atoms with E-state index in [9.17, 15) is 17.2 Å². The lowest BCUT2D eigenvalue weighted by Gasteiger charge is -2.30. The third-order valence-corrected chi connectivity index (χ3v) is 5.93. The second-order valence-corrected chi connectivity index (χ2v) is 8.10. The van der Waals surface area contributed by atoms with Crippen LogP contribution in [0.3, 0.4) is 0 Å². The quantitative estimate of drug-likeness (QED) is 0.601. The minimum absolute atomic E-state index is 0. The van der Waals surface area contributed by atoms with Gasteiger partial charge >= 0.3 is 6.61 Å². The van der Waals surface area contributed by atoms with Crippen LogP contribution in [0.2, 0.25) is 0 Å². The van der Waals surface area contributed by atoms with Gasteiger partial charge in [-0.1, -0.05) is 0 Å². The first-order valence-electron chi connectivity index (χ1n) is 9.13. The SMILES string of the molecule is COc1cc(NS(=O)(=O)c2ccc(OC)c(N3CCNCC3)c2)ccc1OC(F)F.Cl. The average Bonchev–Trinajstić information content (AvgIpc) is 2.74. The van der Waals surface area contributed by atoms with Crippen molar-refractivity contribution in [2.45, 2.75) is 11.5 Å². The summed E-state index contributed by atoms with van der Waals surface area (Å²) in [6.45, 7) is -0.0214. The van der Waals surface area contributed by atoms with Gasteiger partial charge in [-0.05, 0) is 30.3 Å². The van der Waals surface area contributed by atoms with Crippen LogP contribution in [-0.4, -0.2) is 55.4 Å². The van der Waals surface area contributed by atoms with Gasteiger partial charge in [0, 0.05) is 32.2 Å². The van der Waals surface area contributed by atoms with E-state index in [2.05, 4.69) is 14.8 Å². The van der Waals surface area contributed by atoms with Crippen LogP contribution in [0.4, 0.5) is 20.2 Å². The summed E-state index contributed by atoms with van der Waals surface area (Å²) in [4.78, 5) is 2.09. The highest BCUT2D eigenvalue weighted by molar-refractivity contribution is 7.92. The van der Waals surface area contributed by atoms with Crippen molar-refractivity contribution in [3.8, 4) is 17.2 Å².